The van der Waals surface area contributed by atoms with E-state index in [2.05, 4.69) is 10.2 Å². The highest BCUT2D eigenvalue weighted by atomic mass is 32.2. The number of phenols is 1. The zero-order valence-corrected chi connectivity index (χ0v) is 14.1. The predicted octanol–water partition coefficient (Wildman–Crippen LogP) is 2.89. The van der Waals surface area contributed by atoms with Gasteiger partial charge in [-0.2, -0.15) is 5.10 Å². The third-order valence-electron chi connectivity index (χ3n) is 3.07. The van der Waals surface area contributed by atoms with Crippen molar-refractivity contribution in [2.45, 2.75) is 5.75 Å². The Hall–Kier alpha value is -3.07. The van der Waals surface area contributed by atoms with Gasteiger partial charge in [0.1, 0.15) is 0 Å². The zero-order valence-electron chi connectivity index (χ0n) is 13.3. The van der Waals surface area contributed by atoms with Crippen molar-refractivity contribution in [2.75, 3.05) is 7.11 Å². The summed E-state index contributed by atoms with van der Waals surface area (Å²) < 4.78 is 4.82. The third-order valence-corrected chi connectivity index (χ3v) is 3.92. The van der Waals surface area contributed by atoms with Gasteiger partial charge in [-0.25, -0.2) is 0 Å². The van der Waals surface area contributed by atoms with E-state index in [1.807, 2.05) is 30.3 Å². The Morgan fingerprint density at radius 3 is 2.76 bits per heavy atom. The van der Waals surface area contributed by atoms with Gasteiger partial charge >= 0.3 is 5.69 Å². The molecule has 2 aromatic carbocycles. The molecule has 0 aromatic heterocycles. The quantitative estimate of drug-likeness (QED) is 0.353. The van der Waals surface area contributed by atoms with Gasteiger partial charge in [-0.1, -0.05) is 42.1 Å². The average Bonchev–Trinajstić information content (AvgIpc) is 2.60. The Bertz CT molecular complexity index is 809. The average molecular weight is 360 g/mol. The molecule has 0 saturated heterocycles. The summed E-state index contributed by atoms with van der Waals surface area (Å²) in [6.07, 6.45) is 1.27. The molecule has 2 rings (SSSR count). The van der Waals surface area contributed by atoms with Gasteiger partial charge in [-0.15, -0.1) is 5.10 Å². The number of thioether (sulfide) groups is 1. The molecule has 0 fully saturated rings. The number of benzene rings is 2. The van der Waals surface area contributed by atoms with E-state index < -0.39 is 4.92 Å². The molecule has 0 amide bonds. The minimum absolute atomic E-state index is 0.205. The molecule has 0 bridgehead atoms. The van der Waals surface area contributed by atoms with Crippen LogP contribution in [-0.4, -0.2) is 28.5 Å². The number of nitro benzene ring substituents is 1. The molecule has 3 N–H and O–H groups in total. The fourth-order valence-electron chi connectivity index (χ4n) is 1.95. The first-order chi connectivity index (χ1) is 12.0. The number of nitro groups is 1. The molecule has 0 saturated carbocycles. The van der Waals surface area contributed by atoms with E-state index in [4.69, 9.17) is 10.5 Å². The van der Waals surface area contributed by atoms with E-state index in [1.54, 1.807) is 0 Å². The van der Waals surface area contributed by atoms with Crippen LogP contribution in [0, 0.1) is 10.1 Å². The van der Waals surface area contributed by atoms with Crippen LogP contribution in [0.4, 0.5) is 5.69 Å². The normalized spacial score (nSPS) is 11.6. The largest absolute Gasteiger partial charge is 0.504 e. The number of nitrogens with two attached hydrogens (primary N) is 1. The number of hydrogen-bond donors (Lipinski definition) is 2. The maximum absolute atomic E-state index is 11.0. The lowest BCUT2D eigenvalue weighted by Crippen LogP contribution is -2.06. The van der Waals surface area contributed by atoms with Gasteiger partial charge in [-0.05, 0) is 11.6 Å². The number of rotatable bonds is 6. The molecule has 25 heavy (non-hydrogen) atoms. The van der Waals surface area contributed by atoms with Crippen LogP contribution in [0.3, 0.4) is 0 Å². The van der Waals surface area contributed by atoms with Crippen molar-refractivity contribution >= 4 is 28.8 Å². The number of phenolic OH excluding ortho intramolecular Hbond substituents is 1. The summed E-state index contributed by atoms with van der Waals surface area (Å²) in [7, 11) is 1.24. The highest BCUT2D eigenvalue weighted by molar-refractivity contribution is 8.13. The van der Waals surface area contributed by atoms with E-state index in [-0.39, 0.29) is 22.4 Å². The number of hydrogen-bond acceptors (Lipinski definition) is 7. The summed E-state index contributed by atoms with van der Waals surface area (Å²) in [5.74, 6) is 0.0951. The molecule has 2 aromatic rings. The third kappa shape index (κ3) is 5.21. The zero-order chi connectivity index (χ0) is 18.2. The van der Waals surface area contributed by atoms with Crippen molar-refractivity contribution in [2.24, 2.45) is 15.9 Å². The summed E-state index contributed by atoms with van der Waals surface area (Å²) in [6, 6.07) is 12.3. The summed E-state index contributed by atoms with van der Waals surface area (Å²) in [5, 5.41) is 28.7. The first-order valence-electron chi connectivity index (χ1n) is 7.10. The van der Waals surface area contributed by atoms with Crippen LogP contribution in [0.2, 0.25) is 0 Å². The molecule has 0 radical (unpaired) electrons. The summed E-state index contributed by atoms with van der Waals surface area (Å²) >= 11 is 1.32. The van der Waals surface area contributed by atoms with Gasteiger partial charge in [0.15, 0.2) is 10.9 Å². The van der Waals surface area contributed by atoms with Gasteiger partial charge in [0.2, 0.25) is 5.75 Å². The molecular formula is C16H16N4O4S. The van der Waals surface area contributed by atoms with Crippen molar-refractivity contribution in [3.8, 4) is 11.5 Å². The summed E-state index contributed by atoms with van der Waals surface area (Å²) in [5.41, 5.74) is 6.80. The fourth-order valence-corrected chi connectivity index (χ4v) is 2.56. The van der Waals surface area contributed by atoms with Crippen LogP contribution in [0.5, 0.6) is 11.5 Å². The highest BCUT2D eigenvalue weighted by Crippen LogP contribution is 2.36. The number of amidine groups is 1. The maximum atomic E-state index is 11.0. The van der Waals surface area contributed by atoms with Gasteiger partial charge in [0, 0.05) is 17.4 Å². The molecule has 9 heteroatoms. The molecule has 0 aliphatic rings. The Balaban J connectivity index is 2.06. The van der Waals surface area contributed by atoms with E-state index >= 15 is 0 Å². The molecule has 0 atom stereocenters. The fraction of sp³-hybridized carbons (Fsp3) is 0.125. The van der Waals surface area contributed by atoms with Crippen LogP contribution in [0.25, 0.3) is 0 Å². The second-order valence-electron chi connectivity index (χ2n) is 4.81. The minimum Gasteiger partial charge on any atom is -0.504 e. The lowest BCUT2D eigenvalue weighted by molar-refractivity contribution is -0.385. The van der Waals surface area contributed by atoms with Crippen molar-refractivity contribution < 1.29 is 14.8 Å². The SMILES string of the molecule is COc1c(O)cc(C=NN=C(N)SCc2ccccc2)cc1[N+](=O)[O-]. The van der Waals surface area contributed by atoms with Crippen LogP contribution in [0.1, 0.15) is 11.1 Å². The van der Waals surface area contributed by atoms with Gasteiger partial charge < -0.3 is 15.6 Å². The van der Waals surface area contributed by atoms with E-state index in [0.29, 0.717) is 11.3 Å². The van der Waals surface area contributed by atoms with Crippen molar-refractivity contribution in [1.82, 2.24) is 0 Å². The van der Waals surface area contributed by atoms with Crippen LogP contribution >= 0.6 is 11.8 Å². The molecular weight excluding hydrogens is 344 g/mol. The van der Waals surface area contributed by atoms with Crippen molar-refractivity contribution in [3.63, 3.8) is 0 Å². The molecule has 0 aliphatic carbocycles. The van der Waals surface area contributed by atoms with Crippen LogP contribution in [0.15, 0.2) is 52.7 Å². The van der Waals surface area contributed by atoms with Crippen LogP contribution in [-0.2, 0) is 5.75 Å². The Labute approximate surface area is 148 Å². The van der Waals surface area contributed by atoms with Crippen molar-refractivity contribution in [3.05, 3.63) is 63.7 Å². The molecule has 0 heterocycles. The Morgan fingerprint density at radius 2 is 2.12 bits per heavy atom. The summed E-state index contributed by atoms with van der Waals surface area (Å²) in [6.45, 7) is 0. The molecule has 0 unspecified atom stereocenters. The smallest absolute Gasteiger partial charge is 0.315 e. The van der Waals surface area contributed by atoms with Gasteiger partial charge in [-0.3, -0.25) is 10.1 Å². The van der Waals surface area contributed by atoms with Gasteiger partial charge in [0.25, 0.3) is 0 Å². The topological polar surface area (TPSA) is 123 Å². The Kier molecular flexibility index (Phi) is 6.35. The van der Waals surface area contributed by atoms with E-state index in [0.717, 1.165) is 5.56 Å². The second-order valence-corrected chi connectivity index (χ2v) is 5.80. The van der Waals surface area contributed by atoms with E-state index in [9.17, 15) is 15.2 Å². The standard InChI is InChI=1S/C16H16N4O4S/c1-24-15-13(20(22)23)7-12(8-14(15)21)9-18-19-16(17)25-10-11-5-3-2-4-6-11/h2-9,21H,10H2,1H3,(H2,17,19). The second kappa shape index (κ2) is 8.69. The molecule has 130 valence electrons. The Morgan fingerprint density at radius 1 is 1.40 bits per heavy atom. The first-order valence-corrected chi connectivity index (χ1v) is 8.08. The highest BCUT2D eigenvalue weighted by Gasteiger charge is 2.19. The molecule has 0 spiro atoms. The summed E-state index contributed by atoms with van der Waals surface area (Å²) in [4.78, 5) is 10.4. The van der Waals surface area contributed by atoms with Gasteiger partial charge in [0.05, 0.1) is 18.2 Å². The lowest BCUT2D eigenvalue weighted by Gasteiger charge is -2.04. The maximum Gasteiger partial charge on any atom is 0.315 e. The number of ether oxygens (including phenoxy) is 1. The number of methoxy groups -OCH3 is 1. The number of aromatic hydroxyl groups is 1. The monoisotopic (exact) mass is 360 g/mol. The molecule has 8 nitrogen and oxygen atoms in total. The minimum atomic E-state index is -0.650. The van der Waals surface area contributed by atoms with Crippen molar-refractivity contribution in [1.29, 1.82) is 0 Å². The predicted molar refractivity (Wildman–Crippen MR) is 98.3 cm³/mol. The van der Waals surface area contributed by atoms with Crippen LogP contribution < -0.4 is 10.5 Å². The first kappa shape index (κ1) is 18.3. The lowest BCUT2D eigenvalue weighted by atomic mass is 10.2. The van der Waals surface area contributed by atoms with E-state index in [1.165, 1.54) is 37.2 Å². The number of nitrogens with zero attached hydrogens (tertiary/aromatic N) is 3. The molecule has 0 aliphatic heterocycles.